The van der Waals surface area contributed by atoms with Crippen molar-refractivity contribution in [3.8, 4) is 0 Å². The standard InChI is InChI=1S/2H2O.4O.Pb.Ti.Zr/h2*1H2;;;;;;;/q;;;;2*-1;+2;;+2/p-2. The Kier molecular flexibility index (Phi) is 24.1. The summed E-state index contributed by atoms with van der Waals surface area (Å²) in [4.78, 5) is 0. The van der Waals surface area contributed by atoms with Crippen LogP contribution >= 0.6 is 0 Å². The zero-order chi connectivity index (χ0) is 7.15. The molecule has 0 aromatic heterocycles. The van der Waals surface area contributed by atoms with E-state index in [9.17, 15) is 0 Å². The van der Waals surface area contributed by atoms with E-state index in [-0.39, 0.29) is 27.3 Å². The largest absolute Gasteiger partial charge is 2.00 e. The third kappa shape index (κ3) is 164. The first kappa shape index (κ1) is 17.2. The van der Waals surface area contributed by atoms with Crippen LogP contribution < -0.4 is 7.38 Å². The van der Waals surface area contributed by atoms with Gasteiger partial charge in [0, 0.05) is 0 Å². The van der Waals surface area contributed by atoms with Crippen molar-refractivity contribution in [1.82, 2.24) is 0 Å². The van der Waals surface area contributed by atoms with Gasteiger partial charge in [-0.3, -0.25) is 0 Å². The van der Waals surface area contributed by atoms with Gasteiger partial charge in [-0.15, -0.1) is 0 Å². The first-order chi connectivity index (χ1) is 3.46. The minimum Gasteiger partial charge on any atom is 2.00 e. The molecule has 9 heteroatoms. The van der Waals surface area contributed by atoms with E-state index in [1.807, 2.05) is 0 Å². The molecule has 0 fully saturated rings. The molecule has 0 aromatic rings. The summed E-state index contributed by atoms with van der Waals surface area (Å²) in [6.07, 6.45) is 0. The second-order valence-corrected chi connectivity index (χ2v) is 2.70. The molecule has 50 valence electrons. The molecule has 0 amide bonds. The average Bonchev–Trinajstić information content (AvgIpc) is 1.25. The molecule has 0 saturated heterocycles. The summed E-state index contributed by atoms with van der Waals surface area (Å²) >= 11 is -7.88. The SMILES string of the molecule is [O]=[Ti]([O-])[O-].[O]=[Zr]([OH])[OH].[Pb+2]. The van der Waals surface area contributed by atoms with Crippen LogP contribution in [0.4, 0.5) is 0 Å². The van der Waals surface area contributed by atoms with Crippen LogP contribution in [0, 0.1) is 0 Å². The summed E-state index contributed by atoms with van der Waals surface area (Å²) in [5, 5.41) is 0. The van der Waals surface area contributed by atoms with Crippen molar-refractivity contribution in [2.24, 2.45) is 0 Å². The Hall–Kier alpha value is 1.96. The van der Waals surface area contributed by atoms with Crippen molar-refractivity contribution in [1.29, 1.82) is 0 Å². The van der Waals surface area contributed by atoms with Gasteiger partial charge in [0.2, 0.25) is 0 Å². The molecule has 0 saturated carbocycles. The topological polar surface area (TPSA) is 121 Å². The van der Waals surface area contributed by atoms with Crippen molar-refractivity contribution >= 4 is 27.3 Å². The maximum atomic E-state index is 8.84. The van der Waals surface area contributed by atoms with Crippen LogP contribution in [0.15, 0.2) is 0 Å². The summed E-state index contributed by atoms with van der Waals surface area (Å²) in [6.45, 7) is 0. The summed E-state index contributed by atoms with van der Waals surface area (Å²) in [5.41, 5.74) is 0. The first-order valence-electron chi connectivity index (χ1n) is 1.26. The van der Waals surface area contributed by atoms with E-state index in [4.69, 9.17) is 19.9 Å². The maximum Gasteiger partial charge on any atom is 2.00 e. The van der Waals surface area contributed by atoms with Crippen LogP contribution in [0.1, 0.15) is 0 Å². The minimum absolute atomic E-state index is 0. The molecule has 0 aliphatic heterocycles. The van der Waals surface area contributed by atoms with E-state index in [2.05, 4.69) is 0 Å². The Morgan fingerprint density at radius 3 is 1.33 bits per heavy atom. The van der Waals surface area contributed by atoms with Crippen LogP contribution in [0.2, 0.25) is 0 Å². The predicted molar refractivity (Wildman–Crippen MR) is 11.6 cm³/mol. The Morgan fingerprint density at radius 2 is 1.33 bits per heavy atom. The van der Waals surface area contributed by atoms with Gasteiger partial charge in [-0.05, 0) is 0 Å². The fourth-order valence-electron chi connectivity index (χ4n) is 0. The van der Waals surface area contributed by atoms with E-state index in [1.54, 1.807) is 0 Å². The fourth-order valence-corrected chi connectivity index (χ4v) is 0. The third-order valence-corrected chi connectivity index (χ3v) is 0. The van der Waals surface area contributed by atoms with Crippen LogP contribution in [-0.4, -0.2) is 33.7 Å². The Labute approximate surface area is 87.1 Å². The molecule has 2 N–H and O–H groups in total. The van der Waals surface area contributed by atoms with Gasteiger partial charge in [-0.2, -0.15) is 0 Å². The summed E-state index contributed by atoms with van der Waals surface area (Å²) < 4.78 is 49.1. The van der Waals surface area contributed by atoms with Gasteiger partial charge >= 0.3 is 88.4 Å². The number of hydrogen-bond acceptors (Lipinski definition) is 4. The van der Waals surface area contributed by atoms with E-state index < -0.39 is 41.3 Å². The van der Waals surface area contributed by atoms with Gasteiger partial charge in [-0.1, -0.05) is 0 Å². The van der Waals surface area contributed by atoms with Crippen molar-refractivity contribution in [3.63, 3.8) is 0 Å². The average molecular weight is 444 g/mol. The third-order valence-electron chi connectivity index (χ3n) is 0. The fraction of sp³-hybridized carbons (Fsp3) is 0. The molecule has 6 nitrogen and oxygen atoms in total. The van der Waals surface area contributed by atoms with Crippen molar-refractivity contribution < 1.29 is 61.1 Å². The van der Waals surface area contributed by atoms with Gasteiger partial charge in [0.25, 0.3) is 0 Å². The molecular formula is H2O6PbTiZr. The van der Waals surface area contributed by atoms with Gasteiger partial charge < -0.3 is 0 Å². The van der Waals surface area contributed by atoms with Gasteiger partial charge in [0.1, 0.15) is 0 Å². The smallest absolute Gasteiger partial charge is 2.00 e. The molecule has 0 aromatic carbocycles. The minimum atomic E-state index is -4.08. The molecule has 0 heterocycles. The van der Waals surface area contributed by atoms with Crippen molar-refractivity contribution in [2.75, 3.05) is 0 Å². The van der Waals surface area contributed by atoms with Crippen LogP contribution in [0.5, 0.6) is 0 Å². The van der Waals surface area contributed by atoms with E-state index in [0.29, 0.717) is 0 Å². The second-order valence-electron chi connectivity index (χ2n) is 0.533. The molecule has 9 heavy (non-hydrogen) atoms. The molecule has 0 unspecified atom stereocenters. The van der Waals surface area contributed by atoms with Crippen molar-refractivity contribution in [2.45, 2.75) is 0 Å². The Morgan fingerprint density at radius 1 is 1.33 bits per heavy atom. The number of rotatable bonds is 0. The van der Waals surface area contributed by atoms with Gasteiger partial charge in [0.15, 0.2) is 0 Å². The summed E-state index contributed by atoms with van der Waals surface area (Å²) in [6, 6.07) is 0. The van der Waals surface area contributed by atoms with E-state index in [0.717, 1.165) is 0 Å². The van der Waals surface area contributed by atoms with E-state index in [1.165, 1.54) is 0 Å². The van der Waals surface area contributed by atoms with Crippen LogP contribution in [0.25, 0.3) is 0 Å². The predicted octanol–water partition coefficient (Wildman–Crippen LogP) is -4.12. The molecule has 0 bridgehead atoms. The monoisotopic (exact) mass is 444 g/mol. The Bertz CT molecular complexity index is 71.1. The second kappa shape index (κ2) is 12.6. The molecule has 0 spiro atoms. The maximum absolute atomic E-state index is 8.84. The van der Waals surface area contributed by atoms with Crippen LogP contribution in [0.3, 0.4) is 0 Å². The first-order valence-corrected chi connectivity index (χ1v) is 6.38. The molecule has 0 aliphatic rings. The molecular weight excluding hydrogens is 442 g/mol. The quantitative estimate of drug-likeness (QED) is 0.367. The zero-order valence-electron chi connectivity index (χ0n) is 4.03. The van der Waals surface area contributed by atoms with E-state index >= 15 is 0 Å². The molecule has 0 rings (SSSR count). The molecule has 0 atom stereocenters. The zero-order valence-corrected chi connectivity index (χ0v) is 11.9. The van der Waals surface area contributed by atoms with Gasteiger partial charge in [0.05, 0.1) is 0 Å². The van der Waals surface area contributed by atoms with Crippen molar-refractivity contribution in [3.05, 3.63) is 0 Å². The van der Waals surface area contributed by atoms with Gasteiger partial charge in [-0.25, -0.2) is 0 Å². The molecule has 0 aliphatic carbocycles. The summed E-state index contributed by atoms with van der Waals surface area (Å²) in [5.74, 6) is 0. The summed E-state index contributed by atoms with van der Waals surface area (Å²) in [7, 11) is 0. The number of hydrogen-bond donors (Lipinski definition) is 2. The normalized spacial score (nSPS) is 5.78. The molecule has 2 radical (unpaired) electrons. The Balaban J connectivity index is -0.0000000720. The van der Waals surface area contributed by atoms with Crippen LogP contribution in [-0.2, 0) is 47.4 Å².